The Kier molecular flexibility index (Phi) is 4.14. The van der Waals surface area contributed by atoms with E-state index < -0.39 is 6.36 Å². The fourth-order valence-electron chi connectivity index (χ4n) is 1.14. The summed E-state index contributed by atoms with van der Waals surface area (Å²) in [5.41, 5.74) is 6.24. The number of carbonyl (C=O) groups excluding carboxylic acids is 1. The first-order valence-corrected chi connectivity index (χ1v) is 4.68. The van der Waals surface area contributed by atoms with Crippen LogP contribution in [0.25, 0.3) is 6.08 Å². The van der Waals surface area contributed by atoms with E-state index >= 15 is 0 Å². The van der Waals surface area contributed by atoms with Gasteiger partial charge < -0.3 is 15.3 Å². The van der Waals surface area contributed by atoms with E-state index in [4.69, 9.17) is 5.73 Å². The van der Waals surface area contributed by atoms with Gasteiger partial charge in [0.05, 0.1) is 0 Å². The summed E-state index contributed by atoms with van der Waals surface area (Å²) in [5.74, 6) is -0.350. The molecule has 17 heavy (non-hydrogen) atoms. The maximum absolute atomic E-state index is 12.0. The van der Waals surface area contributed by atoms with E-state index in [0.717, 1.165) is 12.1 Å². The molecular formula is C11H10F3NO2. The molecule has 0 aliphatic heterocycles. The number of benzene rings is 1. The summed E-state index contributed by atoms with van der Waals surface area (Å²) >= 11 is 0. The lowest BCUT2D eigenvalue weighted by Crippen LogP contribution is -2.17. The minimum Gasteiger partial charge on any atom is -0.406 e. The molecule has 0 bridgehead atoms. The standard InChI is InChI=1S/C11H10F3NO2/c12-11(13,14)17-9-4-5-10(15)8(7-9)3-1-2-6-16/h1,3-7H,2,15H2. The summed E-state index contributed by atoms with van der Waals surface area (Å²) in [6.45, 7) is 0. The topological polar surface area (TPSA) is 52.3 Å². The number of allylic oxidation sites excluding steroid dienone is 1. The molecule has 0 radical (unpaired) electrons. The van der Waals surface area contributed by atoms with Crippen LogP contribution in [0, 0.1) is 0 Å². The number of anilines is 1. The van der Waals surface area contributed by atoms with Gasteiger partial charge in [0.25, 0.3) is 0 Å². The van der Waals surface area contributed by atoms with E-state index in [1.54, 1.807) is 0 Å². The number of hydrogen-bond acceptors (Lipinski definition) is 3. The highest BCUT2D eigenvalue weighted by Gasteiger charge is 2.31. The Balaban J connectivity index is 2.90. The molecule has 0 amide bonds. The van der Waals surface area contributed by atoms with Crippen molar-refractivity contribution in [2.75, 3.05) is 5.73 Å². The number of rotatable bonds is 4. The van der Waals surface area contributed by atoms with Crippen molar-refractivity contribution < 1.29 is 22.7 Å². The van der Waals surface area contributed by atoms with Gasteiger partial charge in [-0.3, -0.25) is 0 Å². The first kappa shape index (κ1) is 13.1. The second-order valence-electron chi connectivity index (χ2n) is 3.14. The van der Waals surface area contributed by atoms with E-state index in [9.17, 15) is 18.0 Å². The van der Waals surface area contributed by atoms with Gasteiger partial charge in [0.1, 0.15) is 12.0 Å². The summed E-state index contributed by atoms with van der Waals surface area (Å²) in [6.07, 6.45) is -0.935. The van der Waals surface area contributed by atoms with Crippen molar-refractivity contribution in [2.45, 2.75) is 12.8 Å². The molecule has 1 aromatic rings. The molecule has 6 heteroatoms. The lowest BCUT2D eigenvalue weighted by Gasteiger charge is -2.10. The van der Waals surface area contributed by atoms with Gasteiger partial charge in [-0.1, -0.05) is 12.2 Å². The largest absolute Gasteiger partial charge is 0.573 e. The first-order chi connectivity index (χ1) is 7.92. The zero-order valence-corrected chi connectivity index (χ0v) is 8.70. The quantitative estimate of drug-likeness (QED) is 0.655. The molecule has 0 aromatic heterocycles. The fraction of sp³-hybridized carbons (Fsp3) is 0.182. The molecule has 0 saturated heterocycles. The zero-order valence-electron chi connectivity index (χ0n) is 8.70. The average molecular weight is 245 g/mol. The number of ether oxygens (including phenoxy) is 1. The molecule has 0 heterocycles. The predicted octanol–water partition coefficient (Wildman–Crippen LogP) is 2.77. The Morgan fingerprint density at radius 2 is 2.06 bits per heavy atom. The summed E-state index contributed by atoms with van der Waals surface area (Å²) in [6, 6.07) is 3.59. The lowest BCUT2D eigenvalue weighted by molar-refractivity contribution is -0.274. The number of nitrogens with two attached hydrogens (primary N) is 1. The van der Waals surface area contributed by atoms with E-state index in [-0.39, 0.29) is 12.2 Å². The molecule has 0 unspecified atom stereocenters. The van der Waals surface area contributed by atoms with Gasteiger partial charge >= 0.3 is 6.36 Å². The molecule has 3 nitrogen and oxygen atoms in total. The van der Waals surface area contributed by atoms with Crippen molar-refractivity contribution >= 4 is 18.0 Å². The first-order valence-electron chi connectivity index (χ1n) is 4.68. The van der Waals surface area contributed by atoms with Crippen LogP contribution in [0.2, 0.25) is 0 Å². The number of hydrogen-bond donors (Lipinski definition) is 1. The summed E-state index contributed by atoms with van der Waals surface area (Å²) in [4.78, 5) is 10.1. The summed E-state index contributed by atoms with van der Waals surface area (Å²) in [5, 5.41) is 0. The third-order valence-corrected chi connectivity index (χ3v) is 1.82. The van der Waals surface area contributed by atoms with E-state index in [0.29, 0.717) is 17.5 Å². The third kappa shape index (κ3) is 4.58. The monoisotopic (exact) mass is 245 g/mol. The van der Waals surface area contributed by atoms with Crippen molar-refractivity contribution in [1.82, 2.24) is 0 Å². The number of aldehydes is 1. The molecule has 0 fully saturated rings. The lowest BCUT2D eigenvalue weighted by atomic mass is 10.1. The molecule has 1 aromatic carbocycles. The van der Waals surface area contributed by atoms with Crippen LogP contribution in [-0.2, 0) is 4.79 Å². The summed E-state index contributed by atoms with van der Waals surface area (Å²) in [7, 11) is 0. The maximum Gasteiger partial charge on any atom is 0.573 e. The van der Waals surface area contributed by atoms with Gasteiger partial charge in [-0.15, -0.1) is 13.2 Å². The Bertz CT molecular complexity index is 427. The SMILES string of the molecule is Nc1ccc(OC(F)(F)F)cc1C=CCC=O. The minimum absolute atomic E-state index is 0.170. The predicted molar refractivity (Wildman–Crippen MR) is 57.3 cm³/mol. The van der Waals surface area contributed by atoms with Crippen molar-refractivity contribution in [3.63, 3.8) is 0 Å². The van der Waals surface area contributed by atoms with Crippen LogP contribution in [-0.4, -0.2) is 12.6 Å². The second-order valence-corrected chi connectivity index (χ2v) is 3.14. The van der Waals surface area contributed by atoms with Crippen molar-refractivity contribution in [3.05, 3.63) is 29.8 Å². The molecule has 0 atom stereocenters. The highest BCUT2D eigenvalue weighted by Crippen LogP contribution is 2.26. The zero-order chi connectivity index (χ0) is 12.9. The average Bonchev–Trinajstić information content (AvgIpc) is 2.21. The normalized spacial score (nSPS) is 11.7. The Hall–Kier alpha value is -1.98. The molecule has 2 N–H and O–H groups in total. The van der Waals surface area contributed by atoms with Gasteiger partial charge in [0.2, 0.25) is 0 Å². The highest BCUT2D eigenvalue weighted by atomic mass is 19.4. The van der Waals surface area contributed by atoms with Crippen molar-refractivity contribution in [1.29, 1.82) is 0 Å². The summed E-state index contributed by atoms with van der Waals surface area (Å²) < 4.78 is 39.6. The molecule has 0 aliphatic carbocycles. The van der Waals surface area contributed by atoms with E-state index in [2.05, 4.69) is 4.74 Å². The van der Waals surface area contributed by atoms with Crippen LogP contribution in [0.5, 0.6) is 5.75 Å². The van der Waals surface area contributed by atoms with Crippen LogP contribution in [0.3, 0.4) is 0 Å². The Morgan fingerprint density at radius 1 is 1.35 bits per heavy atom. The molecular weight excluding hydrogens is 235 g/mol. The van der Waals surface area contributed by atoms with E-state index in [1.807, 2.05) is 0 Å². The molecule has 1 rings (SSSR count). The number of carbonyl (C=O) groups is 1. The van der Waals surface area contributed by atoms with Crippen molar-refractivity contribution in [3.8, 4) is 5.75 Å². The second kappa shape index (κ2) is 5.38. The third-order valence-electron chi connectivity index (χ3n) is 1.82. The van der Waals surface area contributed by atoms with Gasteiger partial charge in [-0.2, -0.15) is 0 Å². The van der Waals surface area contributed by atoms with Gasteiger partial charge in [-0.05, 0) is 18.2 Å². The smallest absolute Gasteiger partial charge is 0.406 e. The maximum atomic E-state index is 12.0. The van der Waals surface area contributed by atoms with Gasteiger partial charge in [0, 0.05) is 17.7 Å². The van der Waals surface area contributed by atoms with Crippen LogP contribution in [0.15, 0.2) is 24.3 Å². The van der Waals surface area contributed by atoms with Crippen LogP contribution in [0.1, 0.15) is 12.0 Å². The van der Waals surface area contributed by atoms with Gasteiger partial charge in [-0.25, -0.2) is 0 Å². The van der Waals surface area contributed by atoms with Crippen molar-refractivity contribution in [2.24, 2.45) is 0 Å². The van der Waals surface area contributed by atoms with E-state index in [1.165, 1.54) is 18.2 Å². The van der Waals surface area contributed by atoms with Crippen LogP contribution < -0.4 is 10.5 Å². The molecule has 0 saturated carbocycles. The Labute approximate surface area is 95.7 Å². The number of halogens is 3. The highest BCUT2D eigenvalue weighted by molar-refractivity contribution is 5.67. The molecule has 0 spiro atoms. The number of alkyl halides is 3. The fourth-order valence-corrected chi connectivity index (χ4v) is 1.14. The van der Waals surface area contributed by atoms with Gasteiger partial charge in [0.15, 0.2) is 0 Å². The Morgan fingerprint density at radius 3 is 2.65 bits per heavy atom. The van der Waals surface area contributed by atoms with Crippen LogP contribution >= 0.6 is 0 Å². The van der Waals surface area contributed by atoms with Crippen LogP contribution in [0.4, 0.5) is 18.9 Å². The minimum atomic E-state index is -4.74. The molecule has 0 aliphatic rings. The molecule has 92 valence electrons. The number of nitrogen functional groups attached to an aromatic ring is 1.